The highest BCUT2D eigenvalue weighted by Crippen LogP contribution is 2.46. The molecule has 1 aromatic heterocycles. The van der Waals surface area contributed by atoms with Crippen molar-refractivity contribution in [2.24, 2.45) is 0 Å². The molecule has 0 nitrogen and oxygen atoms in total. The van der Waals surface area contributed by atoms with E-state index in [1.54, 1.807) is 0 Å². The molecule has 2 aromatic rings. The quantitative estimate of drug-likeness (QED) is 0.155. The standard InChI is InChI=1S/C37H31S2/c1-22(2)24-10-14-27-29(16-12-24)36-31(18-20-38-36)34(27)33(26-8-6-5-7-9-26)35-28-15-11-25(23(3)4)13-17-30(28)37-32(35)19-21-39-37/h5-23H,1-4H3/q+1. The van der Waals surface area contributed by atoms with E-state index in [1.165, 1.54) is 75.5 Å². The highest BCUT2D eigenvalue weighted by molar-refractivity contribution is 7.78. The van der Waals surface area contributed by atoms with E-state index in [2.05, 4.69) is 129 Å². The van der Waals surface area contributed by atoms with Gasteiger partial charge in [0.15, 0.2) is 5.37 Å². The third kappa shape index (κ3) is 3.89. The lowest BCUT2D eigenvalue weighted by molar-refractivity contribution is 0.868. The molecule has 2 heteroatoms. The summed E-state index contributed by atoms with van der Waals surface area (Å²) in [5.74, 6) is 0.974. The first-order valence-electron chi connectivity index (χ1n) is 13.8. The first kappa shape index (κ1) is 24.5. The monoisotopic (exact) mass is 539 g/mol. The number of rotatable bonds is 4. The molecule has 1 aliphatic heterocycles. The van der Waals surface area contributed by atoms with Crippen molar-refractivity contribution in [2.45, 2.75) is 44.4 Å². The van der Waals surface area contributed by atoms with Crippen LogP contribution in [-0.2, 0) is 11.4 Å². The van der Waals surface area contributed by atoms with Crippen LogP contribution in [0.2, 0.25) is 0 Å². The van der Waals surface area contributed by atoms with Crippen LogP contribution in [0.1, 0.15) is 61.8 Å². The topological polar surface area (TPSA) is 0 Å². The summed E-state index contributed by atoms with van der Waals surface area (Å²) in [6, 6.07) is 32.1. The van der Waals surface area contributed by atoms with Crippen molar-refractivity contribution in [3.8, 4) is 22.3 Å². The molecule has 0 saturated heterocycles. The molecular weight excluding hydrogens is 509 g/mol. The van der Waals surface area contributed by atoms with E-state index in [4.69, 9.17) is 0 Å². The molecular formula is C37H31S2+. The largest absolute Gasteiger partial charge is 0.246 e. The van der Waals surface area contributed by atoms with Crippen LogP contribution in [0.4, 0.5) is 0 Å². The summed E-state index contributed by atoms with van der Waals surface area (Å²) in [4.78, 5) is 1.38. The molecule has 7 rings (SSSR count). The van der Waals surface area contributed by atoms with Crippen molar-refractivity contribution in [2.75, 3.05) is 0 Å². The van der Waals surface area contributed by atoms with Gasteiger partial charge in [-0.3, -0.25) is 0 Å². The van der Waals surface area contributed by atoms with Gasteiger partial charge in [0.25, 0.3) is 0 Å². The van der Waals surface area contributed by atoms with Crippen molar-refractivity contribution < 1.29 is 0 Å². The van der Waals surface area contributed by atoms with E-state index >= 15 is 0 Å². The van der Waals surface area contributed by atoms with E-state index < -0.39 is 0 Å². The predicted octanol–water partition coefficient (Wildman–Crippen LogP) is 8.64. The van der Waals surface area contributed by atoms with Crippen molar-refractivity contribution in [1.82, 2.24) is 0 Å². The molecule has 39 heavy (non-hydrogen) atoms. The summed E-state index contributed by atoms with van der Waals surface area (Å²) in [5, 5.41) is 8.57. The minimum Gasteiger partial charge on any atom is -0.143 e. The van der Waals surface area contributed by atoms with Gasteiger partial charge in [0.2, 0.25) is 16.2 Å². The second kappa shape index (κ2) is 9.55. The molecule has 2 heterocycles. The van der Waals surface area contributed by atoms with Gasteiger partial charge in [0.1, 0.15) is 0 Å². The number of hydrogen-bond donors (Lipinski definition) is 0. The lowest BCUT2D eigenvalue weighted by Gasteiger charge is -2.11. The Hall–Kier alpha value is -3.59. The van der Waals surface area contributed by atoms with Crippen LogP contribution in [0.15, 0.2) is 95.2 Å². The molecule has 0 spiro atoms. The number of benzene rings is 1. The Balaban J connectivity index is 1.70. The highest BCUT2D eigenvalue weighted by atomic mass is 32.1. The van der Waals surface area contributed by atoms with Crippen LogP contribution in [0.5, 0.6) is 0 Å². The Kier molecular flexibility index (Phi) is 5.99. The molecule has 5 aliphatic rings. The maximum atomic E-state index is 2.38. The van der Waals surface area contributed by atoms with Crippen LogP contribution >= 0.6 is 11.3 Å². The van der Waals surface area contributed by atoms with E-state index in [0.29, 0.717) is 11.8 Å². The average molecular weight is 540 g/mol. The van der Waals surface area contributed by atoms with Crippen LogP contribution in [-0.4, -0.2) is 5.37 Å². The second-order valence-electron chi connectivity index (χ2n) is 11.1. The smallest absolute Gasteiger partial charge is 0.143 e. The van der Waals surface area contributed by atoms with Gasteiger partial charge in [-0.15, -0.1) is 11.3 Å². The van der Waals surface area contributed by atoms with E-state index in [-0.39, 0.29) is 0 Å². The van der Waals surface area contributed by atoms with Crippen LogP contribution in [0.25, 0.3) is 44.0 Å². The number of thiophene rings is 1. The molecule has 190 valence electrons. The van der Waals surface area contributed by atoms with E-state index in [0.717, 1.165) is 0 Å². The fourth-order valence-corrected chi connectivity index (χ4v) is 7.95. The van der Waals surface area contributed by atoms with Crippen LogP contribution in [0, 0.1) is 0 Å². The molecule has 0 unspecified atom stereocenters. The molecule has 0 saturated carbocycles. The van der Waals surface area contributed by atoms with Gasteiger partial charge < -0.3 is 0 Å². The summed E-state index contributed by atoms with van der Waals surface area (Å²) < 4.78 is 1.38. The molecule has 4 aliphatic carbocycles. The van der Waals surface area contributed by atoms with Gasteiger partial charge in [-0.1, -0.05) is 100 Å². The SMILES string of the molecule is CC(C)c1ccc2c3c(/c(=C(\c4ccccc4)c4c5ccc(C(C)C)ccc-5c5sccc45)c-2cc1)=CC=[S+]3. The average Bonchev–Trinajstić information content (AvgIpc) is 3.63. The zero-order chi connectivity index (χ0) is 26.7. The van der Waals surface area contributed by atoms with Gasteiger partial charge in [-0.25, -0.2) is 0 Å². The Bertz CT molecular complexity index is 1950. The zero-order valence-electron chi connectivity index (χ0n) is 22.8. The van der Waals surface area contributed by atoms with Gasteiger partial charge in [-0.05, 0) is 68.3 Å². The lowest BCUT2D eigenvalue weighted by Crippen LogP contribution is -2.25. The Labute approximate surface area is 238 Å². The van der Waals surface area contributed by atoms with Gasteiger partial charge in [-0.2, -0.15) is 0 Å². The van der Waals surface area contributed by atoms with Crippen LogP contribution in [0.3, 0.4) is 0 Å². The molecule has 0 bridgehead atoms. The highest BCUT2D eigenvalue weighted by Gasteiger charge is 2.29. The molecule has 0 N–H and O–H groups in total. The van der Waals surface area contributed by atoms with E-state index in [9.17, 15) is 0 Å². The van der Waals surface area contributed by atoms with Crippen molar-refractivity contribution in [1.29, 1.82) is 0 Å². The van der Waals surface area contributed by atoms with Gasteiger partial charge >= 0.3 is 0 Å². The number of hydrogen-bond acceptors (Lipinski definition) is 1. The maximum absolute atomic E-state index is 2.38. The Morgan fingerprint density at radius 1 is 0.667 bits per heavy atom. The Morgan fingerprint density at radius 3 is 2.00 bits per heavy atom. The minimum absolute atomic E-state index is 0.487. The fraction of sp³-hybridized carbons (Fsp3) is 0.162. The van der Waals surface area contributed by atoms with Crippen molar-refractivity contribution in [3.05, 3.63) is 123 Å². The summed E-state index contributed by atoms with van der Waals surface area (Å²) >= 11 is 3.72. The van der Waals surface area contributed by atoms with Crippen LogP contribution < -0.4 is 10.4 Å². The summed E-state index contributed by atoms with van der Waals surface area (Å²) in [6.07, 6.45) is 2.33. The Morgan fingerprint density at radius 2 is 1.31 bits per heavy atom. The minimum atomic E-state index is 0.487. The molecule has 1 aromatic carbocycles. The third-order valence-electron chi connectivity index (χ3n) is 8.14. The normalized spacial score (nSPS) is 13.6. The van der Waals surface area contributed by atoms with Gasteiger partial charge in [0.05, 0.1) is 5.22 Å². The molecule has 0 atom stereocenters. The summed E-state index contributed by atoms with van der Waals surface area (Å²) in [5.41, 5.74) is 12.1. The van der Waals surface area contributed by atoms with Gasteiger partial charge in [0, 0.05) is 32.5 Å². The lowest BCUT2D eigenvalue weighted by atomic mass is 9.91. The van der Waals surface area contributed by atoms with E-state index in [1.807, 2.05) is 22.7 Å². The zero-order valence-corrected chi connectivity index (χ0v) is 24.4. The summed E-state index contributed by atoms with van der Waals surface area (Å²) in [6.45, 7) is 9.10. The summed E-state index contributed by atoms with van der Waals surface area (Å²) in [7, 11) is 0. The second-order valence-corrected chi connectivity index (χ2v) is 12.9. The maximum Gasteiger partial charge on any atom is 0.246 e. The first-order valence-corrected chi connectivity index (χ1v) is 15.6. The third-order valence-corrected chi connectivity index (χ3v) is 10.0. The number of fused-ring (bicyclic) bond motifs is 6. The fourth-order valence-electron chi connectivity index (χ4n) is 6.07. The molecule has 0 radical (unpaired) electrons. The first-order chi connectivity index (χ1) is 19.0. The van der Waals surface area contributed by atoms with Crippen molar-refractivity contribution in [3.63, 3.8) is 0 Å². The predicted molar refractivity (Wildman–Crippen MR) is 173 cm³/mol. The van der Waals surface area contributed by atoms with Crippen molar-refractivity contribution >= 4 is 49.8 Å². The molecule has 0 amide bonds. The molecule has 0 fully saturated rings.